The van der Waals surface area contributed by atoms with Crippen molar-refractivity contribution in [1.82, 2.24) is 15.0 Å². The van der Waals surface area contributed by atoms with Gasteiger partial charge in [-0.2, -0.15) is 0 Å². The summed E-state index contributed by atoms with van der Waals surface area (Å²) in [7, 11) is 3.30. The molecular formula is C20H25N3O4. The molecule has 7 nitrogen and oxygen atoms in total. The number of hydrogen-bond donors (Lipinski definition) is 1. The van der Waals surface area contributed by atoms with Gasteiger partial charge in [0.25, 0.3) is 0 Å². The molecule has 27 heavy (non-hydrogen) atoms. The minimum absolute atomic E-state index is 0.336. The number of carbonyl (C=O) groups is 2. The SMILES string of the molecule is C=O.CCc1ncc(C)c(OC)c1C.COc1ccc2nc(C=O)[nH]c2c1. The summed E-state index contributed by atoms with van der Waals surface area (Å²) in [5.74, 6) is 2.05. The highest BCUT2D eigenvalue weighted by Crippen LogP contribution is 2.23. The van der Waals surface area contributed by atoms with Gasteiger partial charge in [-0.1, -0.05) is 6.92 Å². The van der Waals surface area contributed by atoms with Crippen LogP contribution < -0.4 is 9.47 Å². The molecule has 0 atom stereocenters. The molecule has 3 aromatic rings. The summed E-state index contributed by atoms with van der Waals surface area (Å²) in [6, 6.07) is 5.41. The Kier molecular flexibility index (Phi) is 8.65. The number of nitrogens with one attached hydrogen (secondary N) is 1. The predicted octanol–water partition coefficient (Wildman–Crippen LogP) is 3.47. The second kappa shape index (κ2) is 10.7. The first kappa shape index (κ1) is 21.8. The molecule has 3 rings (SSSR count). The van der Waals surface area contributed by atoms with Crippen LogP contribution in [0.15, 0.2) is 24.4 Å². The summed E-state index contributed by atoms with van der Waals surface area (Å²) < 4.78 is 10.3. The van der Waals surface area contributed by atoms with E-state index in [4.69, 9.17) is 14.3 Å². The fraction of sp³-hybridized carbons (Fsp3) is 0.300. The topological polar surface area (TPSA) is 94.2 Å². The Bertz CT molecular complexity index is 890. The summed E-state index contributed by atoms with van der Waals surface area (Å²) in [4.78, 5) is 29.6. The number of hydrogen-bond acceptors (Lipinski definition) is 6. The molecule has 0 radical (unpaired) electrons. The van der Waals surface area contributed by atoms with Gasteiger partial charge in [0.2, 0.25) is 0 Å². The lowest BCUT2D eigenvalue weighted by atomic mass is 10.1. The molecule has 0 fully saturated rings. The van der Waals surface area contributed by atoms with Crippen molar-refractivity contribution >= 4 is 24.1 Å². The largest absolute Gasteiger partial charge is 0.497 e. The molecule has 2 aromatic heterocycles. The van der Waals surface area contributed by atoms with E-state index < -0.39 is 0 Å². The molecule has 0 aliphatic rings. The fourth-order valence-corrected chi connectivity index (χ4v) is 2.62. The molecular weight excluding hydrogens is 346 g/mol. The van der Waals surface area contributed by atoms with Crippen LogP contribution in [0.25, 0.3) is 11.0 Å². The Balaban J connectivity index is 0.000000248. The Labute approximate surface area is 158 Å². The summed E-state index contributed by atoms with van der Waals surface area (Å²) in [5, 5.41) is 0. The average Bonchev–Trinajstić information content (AvgIpc) is 3.13. The monoisotopic (exact) mass is 371 g/mol. The Morgan fingerprint density at radius 1 is 1.19 bits per heavy atom. The van der Waals surface area contributed by atoms with E-state index in [9.17, 15) is 4.79 Å². The van der Waals surface area contributed by atoms with Crippen LogP contribution in [0.3, 0.4) is 0 Å². The highest BCUT2D eigenvalue weighted by Gasteiger charge is 2.06. The van der Waals surface area contributed by atoms with Crippen LogP contribution in [0.5, 0.6) is 11.5 Å². The highest BCUT2D eigenvalue weighted by molar-refractivity contribution is 5.82. The molecule has 0 saturated heterocycles. The molecule has 0 amide bonds. The van der Waals surface area contributed by atoms with Gasteiger partial charge in [-0.05, 0) is 32.4 Å². The van der Waals surface area contributed by atoms with Gasteiger partial charge < -0.3 is 19.3 Å². The van der Waals surface area contributed by atoms with Gasteiger partial charge >= 0.3 is 0 Å². The summed E-state index contributed by atoms with van der Waals surface area (Å²) >= 11 is 0. The van der Waals surface area contributed by atoms with Crippen LogP contribution >= 0.6 is 0 Å². The number of carbonyl (C=O) groups excluding carboxylic acids is 2. The van der Waals surface area contributed by atoms with Crippen LogP contribution in [0, 0.1) is 13.8 Å². The number of aromatic amines is 1. The molecule has 144 valence electrons. The van der Waals surface area contributed by atoms with Crippen molar-refractivity contribution in [3.8, 4) is 11.5 Å². The number of benzene rings is 1. The number of pyridine rings is 1. The van der Waals surface area contributed by atoms with E-state index in [0.29, 0.717) is 12.1 Å². The second-order valence-corrected chi connectivity index (χ2v) is 5.52. The molecule has 1 aromatic carbocycles. The van der Waals surface area contributed by atoms with Crippen molar-refractivity contribution in [1.29, 1.82) is 0 Å². The van der Waals surface area contributed by atoms with Gasteiger partial charge in [-0.3, -0.25) is 9.78 Å². The number of aryl methyl sites for hydroxylation is 2. The van der Waals surface area contributed by atoms with Gasteiger partial charge in [-0.25, -0.2) is 4.98 Å². The first-order valence-corrected chi connectivity index (χ1v) is 8.30. The zero-order valence-electron chi connectivity index (χ0n) is 16.3. The van der Waals surface area contributed by atoms with Crippen molar-refractivity contribution in [2.75, 3.05) is 14.2 Å². The van der Waals surface area contributed by atoms with Gasteiger partial charge in [-0.15, -0.1) is 0 Å². The van der Waals surface area contributed by atoms with E-state index in [1.165, 1.54) is 5.56 Å². The van der Waals surface area contributed by atoms with Crippen LogP contribution in [-0.2, 0) is 11.2 Å². The molecule has 1 N–H and O–H groups in total. The van der Waals surface area contributed by atoms with E-state index in [1.807, 2.05) is 19.9 Å². The van der Waals surface area contributed by atoms with Crippen LogP contribution in [0.1, 0.15) is 34.4 Å². The van der Waals surface area contributed by atoms with Gasteiger partial charge in [0, 0.05) is 29.1 Å². The lowest BCUT2D eigenvalue weighted by Crippen LogP contribution is -1.98. The van der Waals surface area contributed by atoms with Gasteiger partial charge in [0.05, 0.1) is 25.3 Å². The maximum atomic E-state index is 10.4. The van der Waals surface area contributed by atoms with E-state index in [1.54, 1.807) is 32.4 Å². The lowest BCUT2D eigenvalue weighted by molar-refractivity contribution is -0.0980. The summed E-state index contributed by atoms with van der Waals surface area (Å²) in [6.45, 7) is 8.17. The molecule has 0 bridgehead atoms. The first-order valence-electron chi connectivity index (χ1n) is 8.30. The second-order valence-electron chi connectivity index (χ2n) is 5.52. The maximum absolute atomic E-state index is 10.4. The summed E-state index contributed by atoms with van der Waals surface area (Å²) in [6.07, 6.45) is 3.51. The minimum Gasteiger partial charge on any atom is -0.497 e. The molecule has 2 heterocycles. The summed E-state index contributed by atoms with van der Waals surface area (Å²) in [5.41, 5.74) is 4.97. The zero-order chi connectivity index (χ0) is 20.4. The fourth-order valence-electron chi connectivity index (χ4n) is 2.62. The number of ether oxygens (including phenoxy) is 2. The van der Waals surface area contributed by atoms with E-state index >= 15 is 0 Å². The number of fused-ring (bicyclic) bond motifs is 1. The Morgan fingerprint density at radius 3 is 2.44 bits per heavy atom. The number of nitrogens with zero attached hydrogens (tertiary/aromatic N) is 2. The van der Waals surface area contributed by atoms with Crippen molar-refractivity contribution in [3.05, 3.63) is 47.0 Å². The van der Waals surface area contributed by atoms with Crippen molar-refractivity contribution in [2.45, 2.75) is 27.2 Å². The van der Waals surface area contributed by atoms with Crippen LogP contribution in [0.2, 0.25) is 0 Å². The average molecular weight is 371 g/mol. The number of aromatic nitrogens is 3. The molecule has 0 spiro atoms. The third kappa shape index (κ3) is 5.37. The van der Waals surface area contributed by atoms with Crippen molar-refractivity contribution in [3.63, 3.8) is 0 Å². The first-order chi connectivity index (χ1) is 13.0. The number of H-pyrrole nitrogens is 1. The molecule has 0 saturated carbocycles. The van der Waals surface area contributed by atoms with E-state index in [-0.39, 0.29) is 0 Å². The number of rotatable bonds is 4. The molecule has 0 unspecified atom stereocenters. The van der Waals surface area contributed by atoms with Crippen LogP contribution in [-0.4, -0.2) is 42.2 Å². The third-order valence-corrected chi connectivity index (χ3v) is 3.90. The lowest BCUT2D eigenvalue weighted by Gasteiger charge is -2.10. The Morgan fingerprint density at radius 2 is 1.89 bits per heavy atom. The normalized spacial score (nSPS) is 9.52. The van der Waals surface area contributed by atoms with Gasteiger partial charge in [0.15, 0.2) is 12.1 Å². The zero-order valence-corrected chi connectivity index (χ0v) is 16.3. The number of aldehydes is 1. The van der Waals surface area contributed by atoms with E-state index in [2.05, 4.69) is 28.8 Å². The smallest absolute Gasteiger partial charge is 0.185 e. The highest BCUT2D eigenvalue weighted by atomic mass is 16.5. The molecule has 0 aliphatic heterocycles. The van der Waals surface area contributed by atoms with Crippen LogP contribution in [0.4, 0.5) is 0 Å². The van der Waals surface area contributed by atoms with Crippen molar-refractivity contribution in [2.24, 2.45) is 0 Å². The number of methoxy groups -OCH3 is 2. The standard InChI is InChI=1S/C10H15NO.C9H8N2O2.CH2O/c1-5-9-8(3)10(12-4)7(2)6-11-9;1-13-6-2-3-7-8(4-6)11-9(5-12)10-7;1-2/h6H,5H2,1-4H3;2-5H,1H3,(H,10,11);1H2. The quantitative estimate of drug-likeness (QED) is 0.706. The minimum atomic E-state index is 0.336. The van der Waals surface area contributed by atoms with E-state index in [0.717, 1.165) is 40.2 Å². The molecule has 0 aliphatic carbocycles. The predicted molar refractivity (Wildman–Crippen MR) is 105 cm³/mol. The Hall–Kier alpha value is -3.22. The van der Waals surface area contributed by atoms with Gasteiger partial charge in [0.1, 0.15) is 18.3 Å². The third-order valence-electron chi connectivity index (χ3n) is 3.90. The maximum Gasteiger partial charge on any atom is 0.185 e. The number of imidazole rings is 1. The molecule has 7 heteroatoms. The van der Waals surface area contributed by atoms with Crippen molar-refractivity contribution < 1.29 is 19.1 Å².